The molecule has 0 saturated carbocycles. The third kappa shape index (κ3) is 6.01. The quantitative estimate of drug-likeness (QED) is 0.145. The summed E-state index contributed by atoms with van der Waals surface area (Å²) >= 11 is 0. The Kier molecular flexibility index (Phi) is 8.88. The first-order chi connectivity index (χ1) is 16.6. The van der Waals surface area contributed by atoms with Gasteiger partial charge in [0, 0.05) is 12.1 Å². The van der Waals surface area contributed by atoms with Gasteiger partial charge >= 0.3 is 5.97 Å². The van der Waals surface area contributed by atoms with Crippen molar-refractivity contribution in [2.24, 2.45) is 0 Å². The standard InChI is InChI=1S/C28H39NO5Si/c1-19(2)35(20(3)4,21(5)6)18-25-16-17-26(33-25)27(22-10-8-7-9-11-22)34-28(30)23-12-14-24(15-13-23)29(31)32/h7-15,19-21,25-27H,16-18H2,1-6H3/t25-,26-,27?/m0/s1. The summed E-state index contributed by atoms with van der Waals surface area (Å²) in [6, 6.07) is 16.4. The Labute approximate surface area is 210 Å². The molecule has 0 aromatic heterocycles. The summed E-state index contributed by atoms with van der Waals surface area (Å²) in [5.41, 5.74) is 3.11. The minimum atomic E-state index is -1.62. The van der Waals surface area contributed by atoms with Crippen LogP contribution < -0.4 is 0 Å². The second-order valence-electron chi connectivity index (χ2n) is 10.7. The maximum atomic E-state index is 13.0. The van der Waals surface area contributed by atoms with E-state index in [2.05, 4.69) is 41.5 Å². The van der Waals surface area contributed by atoms with Crippen molar-refractivity contribution in [3.63, 3.8) is 0 Å². The molecule has 190 valence electrons. The Morgan fingerprint density at radius 1 is 0.971 bits per heavy atom. The number of nitro groups is 1. The molecule has 0 amide bonds. The molecule has 1 aliphatic heterocycles. The Morgan fingerprint density at radius 2 is 1.54 bits per heavy atom. The van der Waals surface area contributed by atoms with Crippen LogP contribution in [-0.4, -0.2) is 31.2 Å². The predicted molar refractivity (Wildman–Crippen MR) is 141 cm³/mol. The number of hydrogen-bond acceptors (Lipinski definition) is 5. The van der Waals surface area contributed by atoms with E-state index in [0.29, 0.717) is 16.6 Å². The van der Waals surface area contributed by atoms with Crippen LogP contribution >= 0.6 is 0 Å². The van der Waals surface area contributed by atoms with Gasteiger partial charge in [0.2, 0.25) is 0 Å². The lowest BCUT2D eigenvalue weighted by atomic mass is 10.0. The van der Waals surface area contributed by atoms with Crippen molar-refractivity contribution in [1.29, 1.82) is 0 Å². The fourth-order valence-electron chi connectivity index (χ4n) is 6.11. The zero-order valence-electron chi connectivity index (χ0n) is 21.8. The first-order valence-electron chi connectivity index (χ1n) is 12.7. The van der Waals surface area contributed by atoms with E-state index in [1.807, 2.05) is 30.3 Å². The average molecular weight is 498 g/mol. The first kappa shape index (κ1) is 27.1. The van der Waals surface area contributed by atoms with Crippen molar-refractivity contribution in [1.82, 2.24) is 0 Å². The molecule has 0 N–H and O–H groups in total. The normalized spacial score (nSPS) is 19.3. The van der Waals surface area contributed by atoms with Crippen molar-refractivity contribution < 1.29 is 19.2 Å². The second kappa shape index (κ2) is 11.5. The summed E-state index contributed by atoms with van der Waals surface area (Å²) in [5, 5.41) is 11.0. The van der Waals surface area contributed by atoms with E-state index >= 15 is 0 Å². The fraction of sp³-hybridized carbons (Fsp3) is 0.536. The summed E-state index contributed by atoms with van der Waals surface area (Å²) in [5.74, 6) is -0.504. The van der Waals surface area contributed by atoms with Crippen molar-refractivity contribution in [2.75, 3.05) is 0 Å². The summed E-state index contributed by atoms with van der Waals surface area (Å²) < 4.78 is 12.6. The molecule has 6 nitrogen and oxygen atoms in total. The molecule has 0 bridgehead atoms. The number of non-ortho nitro benzene ring substituents is 1. The van der Waals surface area contributed by atoms with Crippen LogP contribution in [0, 0.1) is 10.1 Å². The molecule has 0 radical (unpaired) electrons. The van der Waals surface area contributed by atoms with Crippen molar-refractivity contribution in [3.05, 3.63) is 75.8 Å². The molecular weight excluding hydrogens is 458 g/mol. The molecule has 3 atom stereocenters. The molecule has 2 aromatic carbocycles. The lowest BCUT2D eigenvalue weighted by Crippen LogP contribution is -2.47. The summed E-state index contributed by atoms with van der Waals surface area (Å²) in [4.78, 5) is 23.5. The number of hydrogen-bond donors (Lipinski definition) is 0. The lowest BCUT2D eigenvalue weighted by molar-refractivity contribution is -0.384. The van der Waals surface area contributed by atoms with E-state index in [-0.39, 0.29) is 23.5 Å². The highest BCUT2D eigenvalue weighted by atomic mass is 28.3. The highest BCUT2D eigenvalue weighted by Gasteiger charge is 2.46. The van der Waals surface area contributed by atoms with Gasteiger partial charge in [0.15, 0.2) is 6.10 Å². The van der Waals surface area contributed by atoms with Crippen molar-refractivity contribution in [2.45, 2.75) is 95.4 Å². The Bertz CT molecular complexity index is 968. The molecular formula is C28H39NO5Si. The maximum absolute atomic E-state index is 13.0. The molecule has 1 fully saturated rings. The Morgan fingerprint density at radius 3 is 2.06 bits per heavy atom. The van der Waals surface area contributed by atoms with E-state index in [1.165, 1.54) is 24.3 Å². The minimum Gasteiger partial charge on any atom is -0.451 e. The SMILES string of the molecule is CC(C)[Si](C[C@@H]1CC[C@@H](C(OC(=O)c2ccc([N+](=O)[O-])cc2)c2ccccc2)O1)(C(C)C)C(C)C. The molecule has 1 heterocycles. The van der Waals surface area contributed by atoms with Gasteiger partial charge in [-0.3, -0.25) is 10.1 Å². The zero-order valence-corrected chi connectivity index (χ0v) is 22.8. The van der Waals surface area contributed by atoms with Gasteiger partial charge in [-0.05, 0) is 36.6 Å². The largest absolute Gasteiger partial charge is 0.451 e. The van der Waals surface area contributed by atoms with Gasteiger partial charge in [0.05, 0.1) is 30.8 Å². The number of ether oxygens (including phenoxy) is 2. The van der Waals surface area contributed by atoms with Crippen LogP contribution in [0.25, 0.3) is 0 Å². The molecule has 7 heteroatoms. The number of carbonyl (C=O) groups excluding carboxylic acids is 1. The third-order valence-electron chi connectivity index (χ3n) is 7.96. The molecule has 1 saturated heterocycles. The van der Waals surface area contributed by atoms with Crippen LogP contribution in [-0.2, 0) is 9.47 Å². The molecule has 0 spiro atoms. The van der Waals surface area contributed by atoms with Gasteiger partial charge in [-0.25, -0.2) is 4.79 Å². The average Bonchev–Trinajstić information content (AvgIpc) is 3.28. The summed E-state index contributed by atoms with van der Waals surface area (Å²) in [6.07, 6.45) is 1.21. The number of rotatable bonds is 10. The van der Waals surface area contributed by atoms with Crippen LogP contribution in [0.2, 0.25) is 22.7 Å². The molecule has 2 aromatic rings. The number of carbonyl (C=O) groups is 1. The van der Waals surface area contributed by atoms with E-state index in [0.717, 1.165) is 24.4 Å². The molecule has 1 unspecified atom stereocenters. The van der Waals surface area contributed by atoms with E-state index < -0.39 is 25.1 Å². The van der Waals surface area contributed by atoms with Crippen LogP contribution in [0.15, 0.2) is 54.6 Å². The molecule has 0 aliphatic carbocycles. The number of esters is 1. The Balaban J connectivity index is 1.80. The zero-order chi connectivity index (χ0) is 25.8. The molecule has 3 rings (SSSR count). The van der Waals surface area contributed by atoms with Gasteiger partial charge < -0.3 is 9.47 Å². The van der Waals surface area contributed by atoms with Crippen molar-refractivity contribution in [3.8, 4) is 0 Å². The minimum absolute atomic E-state index is 0.0590. The van der Waals surface area contributed by atoms with Crippen molar-refractivity contribution >= 4 is 19.7 Å². The Hall–Kier alpha value is -2.51. The van der Waals surface area contributed by atoms with Gasteiger partial charge in [-0.15, -0.1) is 0 Å². The van der Waals surface area contributed by atoms with Gasteiger partial charge in [0.1, 0.15) is 0 Å². The van der Waals surface area contributed by atoms with Crippen LogP contribution in [0.4, 0.5) is 5.69 Å². The smallest absolute Gasteiger partial charge is 0.338 e. The van der Waals surface area contributed by atoms with E-state index in [4.69, 9.17) is 9.47 Å². The fourth-order valence-corrected chi connectivity index (χ4v) is 12.6. The highest BCUT2D eigenvalue weighted by molar-refractivity contribution is 6.83. The summed E-state index contributed by atoms with van der Waals surface area (Å²) in [6.45, 7) is 14.2. The van der Waals surface area contributed by atoms with Gasteiger partial charge in [-0.1, -0.05) is 88.5 Å². The third-order valence-corrected chi connectivity index (χ3v) is 15.6. The summed E-state index contributed by atoms with van der Waals surface area (Å²) in [7, 11) is -1.62. The second-order valence-corrected chi connectivity index (χ2v) is 16.8. The number of benzene rings is 2. The topological polar surface area (TPSA) is 78.7 Å². The maximum Gasteiger partial charge on any atom is 0.338 e. The first-order valence-corrected chi connectivity index (χ1v) is 15.2. The van der Waals surface area contributed by atoms with E-state index in [9.17, 15) is 14.9 Å². The number of nitrogens with zero attached hydrogens (tertiary/aromatic N) is 1. The monoisotopic (exact) mass is 497 g/mol. The van der Waals surface area contributed by atoms with Gasteiger partial charge in [-0.2, -0.15) is 0 Å². The van der Waals surface area contributed by atoms with E-state index in [1.54, 1.807) is 0 Å². The lowest BCUT2D eigenvalue weighted by Gasteiger charge is -2.44. The number of nitro benzene ring substituents is 1. The highest BCUT2D eigenvalue weighted by Crippen LogP contribution is 2.47. The predicted octanol–water partition coefficient (Wildman–Crippen LogP) is 7.72. The van der Waals surface area contributed by atoms with Crippen LogP contribution in [0.1, 0.15) is 76.4 Å². The molecule has 35 heavy (non-hydrogen) atoms. The van der Waals surface area contributed by atoms with Gasteiger partial charge in [0.25, 0.3) is 5.69 Å². The van der Waals surface area contributed by atoms with Crippen LogP contribution in [0.3, 0.4) is 0 Å². The molecule has 1 aliphatic rings. The van der Waals surface area contributed by atoms with Crippen LogP contribution in [0.5, 0.6) is 0 Å².